The normalized spacial score (nSPS) is 18.6. The van der Waals surface area contributed by atoms with E-state index in [9.17, 15) is 0 Å². The van der Waals surface area contributed by atoms with Gasteiger partial charge in [0.2, 0.25) is 0 Å². The van der Waals surface area contributed by atoms with Crippen LogP contribution in [0.1, 0.15) is 25.1 Å². The number of aromatic nitrogens is 1. The molecule has 0 aromatic carbocycles. The second-order valence-corrected chi connectivity index (χ2v) is 4.11. The van der Waals surface area contributed by atoms with Gasteiger partial charge in [-0.2, -0.15) is 0 Å². The first-order chi connectivity index (χ1) is 5.59. The van der Waals surface area contributed by atoms with Gasteiger partial charge in [-0.1, -0.05) is 13.8 Å². The van der Waals surface area contributed by atoms with Crippen molar-refractivity contribution in [2.24, 2.45) is 0 Å². The van der Waals surface area contributed by atoms with Crippen LogP contribution in [0.5, 0.6) is 0 Å². The lowest BCUT2D eigenvalue weighted by Crippen LogP contribution is -2.18. The SMILES string of the molecule is Cc1cc2c(cn1)C(C)(C)CN2. The smallest absolute Gasteiger partial charge is 0.0412 e. The number of fused-ring (bicyclic) bond motifs is 1. The molecule has 2 heterocycles. The predicted octanol–water partition coefficient (Wildman–Crippen LogP) is 2.09. The summed E-state index contributed by atoms with van der Waals surface area (Å²) in [6.45, 7) is 7.52. The lowest BCUT2D eigenvalue weighted by atomic mass is 9.88. The van der Waals surface area contributed by atoms with Crippen molar-refractivity contribution in [2.75, 3.05) is 11.9 Å². The van der Waals surface area contributed by atoms with Crippen LogP contribution in [0.4, 0.5) is 5.69 Å². The Morgan fingerprint density at radius 2 is 2.25 bits per heavy atom. The second kappa shape index (κ2) is 2.22. The number of hydrogen-bond acceptors (Lipinski definition) is 2. The maximum Gasteiger partial charge on any atom is 0.0412 e. The zero-order chi connectivity index (χ0) is 8.77. The van der Waals surface area contributed by atoms with Gasteiger partial charge in [-0.05, 0) is 13.0 Å². The van der Waals surface area contributed by atoms with Crippen molar-refractivity contribution in [2.45, 2.75) is 26.2 Å². The van der Waals surface area contributed by atoms with Gasteiger partial charge in [0, 0.05) is 35.1 Å². The quantitative estimate of drug-likeness (QED) is 0.632. The summed E-state index contributed by atoms with van der Waals surface area (Å²) in [6.07, 6.45) is 1.99. The van der Waals surface area contributed by atoms with Crippen LogP contribution in [0.25, 0.3) is 0 Å². The van der Waals surface area contributed by atoms with Gasteiger partial charge in [-0.15, -0.1) is 0 Å². The van der Waals surface area contributed by atoms with Crippen LogP contribution in [0.3, 0.4) is 0 Å². The predicted molar refractivity (Wildman–Crippen MR) is 50.5 cm³/mol. The Morgan fingerprint density at radius 1 is 1.50 bits per heavy atom. The lowest BCUT2D eigenvalue weighted by molar-refractivity contribution is 0.584. The molecule has 0 unspecified atom stereocenters. The van der Waals surface area contributed by atoms with E-state index in [1.807, 2.05) is 13.1 Å². The monoisotopic (exact) mass is 162 g/mol. The molecule has 0 atom stereocenters. The van der Waals surface area contributed by atoms with E-state index in [2.05, 4.69) is 30.2 Å². The molecule has 0 bridgehead atoms. The van der Waals surface area contributed by atoms with Crippen molar-refractivity contribution in [3.05, 3.63) is 23.5 Å². The highest BCUT2D eigenvalue weighted by Crippen LogP contribution is 2.35. The lowest BCUT2D eigenvalue weighted by Gasteiger charge is -2.16. The van der Waals surface area contributed by atoms with Crippen LogP contribution in [-0.2, 0) is 5.41 Å². The molecule has 0 aliphatic carbocycles. The Labute approximate surface area is 73.0 Å². The van der Waals surface area contributed by atoms with E-state index in [0.717, 1.165) is 12.2 Å². The van der Waals surface area contributed by atoms with Crippen LogP contribution in [-0.4, -0.2) is 11.5 Å². The van der Waals surface area contributed by atoms with Gasteiger partial charge < -0.3 is 5.32 Å². The molecule has 0 fully saturated rings. The Balaban J connectivity index is 2.55. The molecule has 1 aliphatic heterocycles. The number of nitrogens with zero attached hydrogens (tertiary/aromatic N) is 1. The minimum Gasteiger partial charge on any atom is -0.384 e. The number of aryl methyl sites for hydroxylation is 1. The van der Waals surface area contributed by atoms with Crippen molar-refractivity contribution < 1.29 is 0 Å². The first-order valence-corrected chi connectivity index (χ1v) is 4.30. The molecule has 2 rings (SSSR count). The molecule has 2 nitrogen and oxygen atoms in total. The third kappa shape index (κ3) is 0.986. The van der Waals surface area contributed by atoms with E-state index in [1.54, 1.807) is 0 Å². The van der Waals surface area contributed by atoms with Gasteiger partial charge in [0.25, 0.3) is 0 Å². The molecule has 0 spiro atoms. The Morgan fingerprint density at radius 3 is 3.00 bits per heavy atom. The Kier molecular flexibility index (Phi) is 1.40. The van der Waals surface area contributed by atoms with Crippen LogP contribution >= 0.6 is 0 Å². The summed E-state index contributed by atoms with van der Waals surface area (Å²) < 4.78 is 0. The van der Waals surface area contributed by atoms with Crippen molar-refractivity contribution in [1.82, 2.24) is 4.98 Å². The highest BCUT2D eigenvalue weighted by Gasteiger charge is 2.29. The van der Waals surface area contributed by atoms with E-state index in [4.69, 9.17) is 0 Å². The Hall–Kier alpha value is -1.05. The van der Waals surface area contributed by atoms with Gasteiger partial charge in [-0.25, -0.2) is 0 Å². The molecule has 1 N–H and O–H groups in total. The zero-order valence-electron chi connectivity index (χ0n) is 7.81. The standard InChI is InChI=1S/C10H14N2/c1-7-4-9-8(5-11-7)10(2,3)6-12-9/h4-5,12H,6H2,1-3H3. The summed E-state index contributed by atoms with van der Waals surface area (Å²) in [5, 5.41) is 3.39. The number of nitrogens with one attached hydrogen (secondary N) is 1. The number of rotatable bonds is 0. The molecule has 64 valence electrons. The van der Waals surface area contributed by atoms with Gasteiger partial charge in [0.15, 0.2) is 0 Å². The van der Waals surface area contributed by atoms with Crippen molar-refractivity contribution in [1.29, 1.82) is 0 Å². The third-order valence-corrected chi connectivity index (χ3v) is 2.49. The summed E-state index contributed by atoms with van der Waals surface area (Å²) in [5.41, 5.74) is 3.93. The summed E-state index contributed by atoms with van der Waals surface area (Å²) in [4.78, 5) is 4.31. The largest absolute Gasteiger partial charge is 0.384 e. The van der Waals surface area contributed by atoms with E-state index in [1.165, 1.54) is 11.3 Å². The van der Waals surface area contributed by atoms with Gasteiger partial charge >= 0.3 is 0 Å². The fourth-order valence-corrected chi connectivity index (χ4v) is 1.66. The molecule has 1 aromatic heterocycles. The topological polar surface area (TPSA) is 24.9 Å². The van der Waals surface area contributed by atoms with E-state index < -0.39 is 0 Å². The molecule has 0 amide bonds. The number of anilines is 1. The number of pyridine rings is 1. The summed E-state index contributed by atoms with van der Waals surface area (Å²) >= 11 is 0. The molecular weight excluding hydrogens is 148 g/mol. The second-order valence-electron chi connectivity index (χ2n) is 4.11. The van der Waals surface area contributed by atoms with E-state index >= 15 is 0 Å². The first-order valence-electron chi connectivity index (χ1n) is 4.30. The minimum absolute atomic E-state index is 0.246. The molecule has 1 aliphatic rings. The van der Waals surface area contributed by atoms with Crippen molar-refractivity contribution in [3.8, 4) is 0 Å². The maximum absolute atomic E-state index is 4.31. The maximum atomic E-state index is 4.31. The molecule has 0 saturated heterocycles. The molecule has 12 heavy (non-hydrogen) atoms. The van der Waals surface area contributed by atoms with Crippen LogP contribution in [0, 0.1) is 6.92 Å². The molecule has 0 radical (unpaired) electrons. The zero-order valence-corrected chi connectivity index (χ0v) is 7.81. The molecule has 2 heteroatoms. The van der Waals surface area contributed by atoms with E-state index in [-0.39, 0.29) is 5.41 Å². The van der Waals surface area contributed by atoms with Gasteiger partial charge in [0.1, 0.15) is 0 Å². The number of hydrogen-bond donors (Lipinski definition) is 1. The van der Waals surface area contributed by atoms with Crippen molar-refractivity contribution in [3.63, 3.8) is 0 Å². The van der Waals surface area contributed by atoms with E-state index in [0.29, 0.717) is 0 Å². The molecule has 1 aromatic rings. The average molecular weight is 162 g/mol. The third-order valence-electron chi connectivity index (χ3n) is 2.49. The minimum atomic E-state index is 0.246. The summed E-state index contributed by atoms with van der Waals surface area (Å²) in [7, 11) is 0. The highest BCUT2D eigenvalue weighted by molar-refractivity contribution is 5.59. The van der Waals surface area contributed by atoms with Crippen molar-refractivity contribution >= 4 is 5.69 Å². The fraction of sp³-hybridized carbons (Fsp3) is 0.500. The molecule has 0 saturated carbocycles. The van der Waals surface area contributed by atoms with Crippen LogP contribution < -0.4 is 5.32 Å². The summed E-state index contributed by atoms with van der Waals surface area (Å²) in [6, 6.07) is 2.12. The Bertz CT molecular complexity index is 316. The van der Waals surface area contributed by atoms with Crippen LogP contribution in [0.15, 0.2) is 12.3 Å². The van der Waals surface area contributed by atoms with Gasteiger partial charge in [-0.3, -0.25) is 4.98 Å². The average Bonchev–Trinajstić information content (AvgIpc) is 2.27. The first kappa shape index (κ1) is 7.59. The molecular formula is C10H14N2. The van der Waals surface area contributed by atoms with Crippen LogP contribution in [0.2, 0.25) is 0 Å². The summed E-state index contributed by atoms with van der Waals surface area (Å²) in [5.74, 6) is 0. The highest BCUT2D eigenvalue weighted by atomic mass is 14.9. The fourth-order valence-electron chi connectivity index (χ4n) is 1.66. The van der Waals surface area contributed by atoms with Gasteiger partial charge in [0.05, 0.1) is 0 Å².